The first kappa shape index (κ1) is 14.4. The molecule has 0 radical (unpaired) electrons. The van der Waals surface area contributed by atoms with Crippen LogP contribution in [0.2, 0.25) is 10.0 Å². The highest BCUT2D eigenvalue weighted by molar-refractivity contribution is 7.16. The van der Waals surface area contributed by atoms with Crippen LogP contribution in [0.3, 0.4) is 0 Å². The first-order chi connectivity index (χ1) is 10.2. The topological polar surface area (TPSA) is 47.0 Å². The number of nitrogens with one attached hydrogen (secondary N) is 1. The second kappa shape index (κ2) is 6.05. The molecule has 2 heterocycles. The van der Waals surface area contributed by atoms with Crippen LogP contribution in [-0.4, -0.2) is 16.5 Å². The number of nitrogens with zero attached hydrogens (tertiary/aromatic N) is 2. The van der Waals surface area contributed by atoms with Crippen molar-refractivity contribution in [3.05, 3.63) is 39.7 Å². The molecule has 1 N–H and O–H groups in total. The standard InChI is InChI=1S/C14H11Cl2N3OS/c1-2-17-14-18-12(9-5-6-21-13(9)19-14)20-11-7-8(15)3-4-10(11)16/h3-7H,2H2,1H3,(H,17,18,19). The number of halogens is 2. The van der Waals surface area contributed by atoms with Crippen molar-refractivity contribution in [3.8, 4) is 11.6 Å². The minimum atomic E-state index is 0.460. The summed E-state index contributed by atoms with van der Waals surface area (Å²) in [5.41, 5.74) is 0. The third-order valence-electron chi connectivity index (χ3n) is 2.72. The highest BCUT2D eigenvalue weighted by Gasteiger charge is 2.12. The Hall–Kier alpha value is -1.56. The van der Waals surface area contributed by atoms with E-state index in [9.17, 15) is 0 Å². The van der Waals surface area contributed by atoms with Crippen molar-refractivity contribution in [1.29, 1.82) is 0 Å². The molecule has 0 atom stereocenters. The van der Waals surface area contributed by atoms with Gasteiger partial charge in [0.05, 0.1) is 10.4 Å². The molecule has 4 nitrogen and oxygen atoms in total. The van der Waals surface area contributed by atoms with Gasteiger partial charge in [0.2, 0.25) is 11.8 Å². The minimum Gasteiger partial charge on any atom is -0.437 e. The third kappa shape index (κ3) is 3.05. The zero-order valence-electron chi connectivity index (χ0n) is 11.1. The first-order valence-corrected chi connectivity index (χ1v) is 7.93. The molecule has 0 unspecified atom stereocenters. The quantitative estimate of drug-likeness (QED) is 0.707. The molecule has 0 fully saturated rings. The van der Waals surface area contributed by atoms with E-state index >= 15 is 0 Å². The van der Waals surface area contributed by atoms with E-state index < -0.39 is 0 Å². The maximum absolute atomic E-state index is 6.13. The van der Waals surface area contributed by atoms with E-state index in [2.05, 4.69) is 15.3 Å². The molecule has 21 heavy (non-hydrogen) atoms. The van der Waals surface area contributed by atoms with E-state index in [1.807, 2.05) is 18.4 Å². The Bertz CT molecular complexity index is 791. The molecule has 2 aromatic heterocycles. The van der Waals surface area contributed by atoms with Crippen molar-refractivity contribution in [1.82, 2.24) is 9.97 Å². The molecule has 108 valence electrons. The van der Waals surface area contributed by atoms with E-state index in [4.69, 9.17) is 27.9 Å². The van der Waals surface area contributed by atoms with Crippen LogP contribution >= 0.6 is 34.5 Å². The van der Waals surface area contributed by atoms with E-state index in [0.717, 1.165) is 16.8 Å². The zero-order chi connectivity index (χ0) is 14.8. The van der Waals surface area contributed by atoms with Crippen molar-refractivity contribution in [2.75, 3.05) is 11.9 Å². The van der Waals surface area contributed by atoms with Gasteiger partial charge in [-0.2, -0.15) is 4.98 Å². The molecule has 0 bridgehead atoms. The van der Waals surface area contributed by atoms with Gasteiger partial charge in [0, 0.05) is 17.6 Å². The maximum atomic E-state index is 6.13. The predicted molar refractivity (Wildman–Crippen MR) is 88.1 cm³/mol. The van der Waals surface area contributed by atoms with Gasteiger partial charge in [-0.3, -0.25) is 0 Å². The molecular weight excluding hydrogens is 329 g/mol. The highest BCUT2D eigenvalue weighted by atomic mass is 35.5. The molecular formula is C14H11Cl2N3OS. The monoisotopic (exact) mass is 339 g/mol. The van der Waals surface area contributed by atoms with E-state index in [1.54, 1.807) is 18.2 Å². The summed E-state index contributed by atoms with van der Waals surface area (Å²) in [6, 6.07) is 6.98. The van der Waals surface area contributed by atoms with Gasteiger partial charge < -0.3 is 10.1 Å². The molecule has 0 aliphatic rings. The van der Waals surface area contributed by atoms with Gasteiger partial charge in [-0.1, -0.05) is 23.2 Å². The number of aromatic nitrogens is 2. The average molecular weight is 340 g/mol. The van der Waals surface area contributed by atoms with Gasteiger partial charge in [0.1, 0.15) is 10.6 Å². The number of hydrogen-bond acceptors (Lipinski definition) is 5. The van der Waals surface area contributed by atoms with Crippen LogP contribution in [0.25, 0.3) is 10.2 Å². The van der Waals surface area contributed by atoms with E-state index in [-0.39, 0.29) is 0 Å². The largest absolute Gasteiger partial charge is 0.437 e. The summed E-state index contributed by atoms with van der Waals surface area (Å²) >= 11 is 13.6. The number of anilines is 1. The number of rotatable bonds is 4. The summed E-state index contributed by atoms with van der Waals surface area (Å²) in [4.78, 5) is 9.67. The number of hydrogen-bond donors (Lipinski definition) is 1. The molecule has 1 aromatic carbocycles. The number of ether oxygens (including phenoxy) is 1. The number of benzene rings is 1. The molecule has 0 saturated heterocycles. The minimum absolute atomic E-state index is 0.460. The lowest BCUT2D eigenvalue weighted by molar-refractivity contribution is 0.469. The summed E-state index contributed by atoms with van der Waals surface area (Å²) in [6.45, 7) is 2.71. The second-order valence-corrected chi connectivity index (χ2v) is 5.94. The molecule has 7 heteroatoms. The molecule has 0 aliphatic carbocycles. The fourth-order valence-electron chi connectivity index (χ4n) is 1.80. The van der Waals surface area contributed by atoms with Gasteiger partial charge >= 0.3 is 0 Å². The van der Waals surface area contributed by atoms with Crippen LogP contribution in [0.4, 0.5) is 5.95 Å². The Morgan fingerprint density at radius 2 is 2.10 bits per heavy atom. The van der Waals surface area contributed by atoms with Crippen LogP contribution in [0.15, 0.2) is 29.6 Å². The molecule has 0 saturated carbocycles. The van der Waals surface area contributed by atoms with Crippen LogP contribution in [0.5, 0.6) is 11.6 Å². The lowest BCUT2D eigenvalue weighted by Crippen LogP contribution is -2.03. The van der Waals surface area contributed by atoms with Gasteiger partial charge in [-0.05, 0) is 30.5 Å². The van der Waals surface area contributed by atoms with Gasteiger partial charge in [-0.25, -0.2) is 4.98 Å². The first-order valence-electron chi connectivity index (χ1n) is 6.29. The molecule has 3 aromatic rings. The molecule has 0 spiro atoms. The van der Waals surface area contributed by atoms with E-state index in [0.29, 0.717) is 27.6 Å². The second-order valence-electron chi connectivity index (χ2n) is 4.20. The van der Waals surface area contributed by atoms with Crippen molar-refractivity contribution < 1.29 is 4.74 Å². The van der Waals surface area contributed by atoms with Crippen LogP contribution in [0.1, 0.15) is 6.92 Å². The molecule has 0 aliphatic heterocycles. The predicted octanol–water partition coefficient (Wildman–Crippen LogP) is 5.22. The summed E-state index contributed by atoms with van der Waals surface area (Å²) in [6.07, 6.45) is 0. The Balaban J connectivity index is 2.06. The van der Waals surface area contributed by atoms with Crippen LogP contribution in [-0.2, 0) is 0 Å². The fraction of sp³-hybridized carbons (Fsp3) is 0.143. The van der Waals surface area contributed by atoms with Crippen molar-refractivity contribution in [2.45, 2.75) is 6.92 Å². The summed E-state index contributed by atoms with van der Waals surface area (Å²) < 4.78 is 5.85. The van der Waals surface area contributed by atoms with Crippen molar-refractivity contribution >= 4 is 50.7 Å². The van der Waals surface area contributed by atoms with Gasteiger partial charge in [-0.15, -0.1) is 11.3 Å². The highest BCUT2D eigenvalue weighted by Crippen LogP contribution is 2.35. The number of fused-ring (bicyclic) bond motifs is 1. The third-order valence-corrected chi connectivity index (χ3v) is 4.08. The number of thiophene rings is 1. The molecule has 0 amide bonds. The van der Waals surface area contributed by atoms with Crippen molar-refractivity contribution in [2.24, 2.45) is 0 Å². The summed E-state index contributed by atoms with van der Waals surface area (Å²) in [7, 11) is 0. The summed E-state index contributed by atoms with van der Waals surface area (Å²) in [5.74, 6) is 1.46. The SMILES string of the molecule is CCNc1nc(Oc2cc(Cl)ccc2Cl)c2ccsc2n1. The van der Waals surface area contributed by atoms with Crippen LogP contribution in [0, 0.1) is 0 Å². The lowest BCUT2D eigenvalue weighted by Gasteiger charge is -2.10. The Morgan fingerprint density at radius 3 is 2.90 bits per heavy atom. The molecule has 3 rings (SSSR count). The Morgan fingerprint density at radius 1 is 1.24 bits per heavy atom. The van der Waals surface area contributed by atoms with Gasteiger partial charge in [0.15, 0.2) is 0 Å². The summed E-state index contributed by atoms with van der Waals surface area (Å²) in [5, 5.41) is 6.91. The smallest absolute Gasteiger partial charge is 0.232 e. The normalized spacial score (nSPS) is 10.8. The van der Waals surface area contributed by atoms with Crippen molar-refractivity contribution in [3.63, 3.8) is 0 Å². The lowest BCUT2D eigenvalue weighted by atomic mass is 10.3. The zero-order valence-corrected chi connectivity index (χ0v) is 13.4. The van der Waals surface area contributed by atoms with E-state index in [1.165, 1.54) is 11.3 Å². The van der Waals surface area contributed by atoms with Crippen LogP contribution < -0.4 is 10.1 Å². The maximum Gasteiger partial charge on any atom is 0.232 e. The Kier molecular flexibility index (Phi) is 4.14. The van der Waals surface area contributed by atoms with Gasteiger partial charge in [0.25, 0.3) is 0 Å². The average Bonchev–Trinajstić information content (AvgIpc) is 2.92. The Labute approximate surface area is 135 Å². The fourth-order valence-corrected chi connectivity index (χ4v) is 2.88.